The number of carbonyl (C=O) groups is 1. The van der Waals surface area contributed by atoms with Crippen molar-refractivity contribution >= 4 is 22.6 Å². The van der Waals surface area contributed by atoms with Gasteiger partial charge in [0.25, 0.3) is 0 Å². The zero-order valence-corrected chi connectivity index (χ0v) is 16.2. The second-order valence-electron chi connectivity index (χ2n) is 7.46. The summed E-state index contributed by atoms with van der Waals surface area (Å²) in [5, 5.41) is 5.08. The first-order valence-electron chi connectivity index (χ1n) is 9.74. The quantitative estimate of drug-likeness (QED) is 0.466. The number of fused-ring (bicyclic) bond motifs is 1. The molecule has 1 fully saturated rings. The molecule has 0 atom stereocenters. The van der Waals surface area contributed by atoms with Crippen molar-refractivity contribution in [3.8, 4) is 11.1 Å². The first-order chi connectivity index (χ1) is 14.1. The molecule has 5 N–H and O–H groups in total. The molecule has 0 aliphatic carbocycles. The number of nitrogens with zero attached hydrogens (tertiary/aromatic N) is 2. The zero-order chi connectivity index (χ0) is 20.2. The van der Waals surface area contributed by atoms with E-state index in [0.717, 1.165) is 54.7 Å². The first kappa shape index (κ1) is 19.2. The standard InChI is InChI=1S/C22H25N5O2/c23-18-5-3-16(4-6-18)21-13-25-12-17-2-1-15(11-20(17)21)14-27-9-7-19(8-10-27)26-22(28)29-24/h1-6,11-13,19H,7-10,14,23-24H2,(H,26,28). The molecule has 1 aliphatic rings. The number of benzene rings is 2. The topological polar surface area (TPSA) is 106 Å². The first-order valence-corrected chi connectivity index (χ1v) is 9.74. The van der Waals surface area contributed by atoms with Crippen LogP contribution in [-0.4, -0.2) is 35.1 Å². The summed E-state index contributed by atoms with van der Waals surface area (Å²) < 4.78 is 0. The lowest BCUT2D eigenvalue weighted by atomic mass is 9.98. The molecule has 0 spiro atoms. The Bertz CT molecular complexity index is 998. The van der Waals surface area contributed by atoms with E-state index in [1.807, 2.05) is 36.7 Å². The van der Waals surface area contributed by atoms with Gasteiger partial charge in [-0.2, -0.15) is 5.90 Å². The Balaban J connectivity index is 1.50. The number of likely N-dealkylation sites (tertiary alicyclic amines) is 1. The minimum absolute atomic E-state index is 0.113. The van der Waals surface area contributed by atoms with Gasteiger partial charge in [-0.25, -0.2) is 4.79 Å². The van der Waals surface area contributed by atoms with E-state index in [1.54, 1.807) is 0 Å². The molecule has 0 unspecified atom stereocenters. The zero-order valence-electron chi connectivity index (χ0n) is 16.2. The monoisotopic (exact) mass is 391 g/mol. The molecule has 0 bridgehead atoms. The van der Waals surface area contributed by atoms with Crippen LogP contribution in [0.3, 0.4) is 0 Å². The highest BCUT2D eigenvalue weighted by Gasteiger charge is 2.21. The fraction of sp³-hybridized carbons (Fsp3) is 0.273. The summed E-state index contributed by atoms with van der Waals surface area (Å²) >= 11 is 0. The van der Waals surface area contributed by atoms with Crippen molar-refractivity contribution in [1.82, 2.24) is 15.2 Å². The fourth-order valence-corrected chi connectivity index (χ4v) is 3.90. The van der Waals surface area contributed by atoms with Crippen molar-refractivity contribution in [2.75, 3.05) is 18.8 Å². The number of nitrogens with one attached hydrogen (secondary N) is 1. The van der Waals surface area contributed by atoms with Gasteiger partial charge in [0.1, 0.15) is 0 Å². The second-order valence-corrected chi connectivity index (χ2v) is 7.46. The predicted octanol–water partition coefficient (Wildman–Crippen LogP) is 3.05. The fourth-order valence-electron chi connectivity index (χ4n) is 3.90. The Morgan fingerprint density at radius 1 is 1.14 bits per heavy atom. The number of hydrogen-bond donors (Lipinski definition) is 3. The molecule has 0 radical (unpaired) electrons. The number of anilines is 1. The Morgan fingerprint density at radius 2 is 1.90 bits per heavy atom. The third kappa shape index (κ3) is 4.47. The van der Waals surface area contributed by atoms with Crippen LogP contribution in [0.5, 0.6) is 0 Å². The predicted molar refractivity (Wildman–Crippen MR) is 114 cm³/mol. The Labute approximate surface area is 169 Å². The van der Waals surface area contributed by atoms with Crippen LogP contribution < -0.4 is 16.9 Å². The maximum absolute atomic E-state index is 11.3. The lowest BCUT2D eigenvalue weighted by Crippen LogP contribution is -2.45. The molecule has 0 saturated carbocycles. The lowest BCUT2D eigenvalue weighted by molar-refractivity contribution is 0.132. The van der Waals surface area contributed by atoms with E-state index >= 15 is 0 Å². The Morgan fingerprint density at radius 3 is 2.62 bits per heavy atom. The largest absolute Gasteiger partial charge is 0.426 e. The van der Waals surface area contributed by atoms with Crippen LogP contribution in [0.1, 0.15) is 18.4 Å². The molecule has 1 aliphatic heterocycles. The van der Waals surface area contributed by atoms with Crippen molar-refractivity contribution < 1.29 is 9.63 Å². The minimum atomic E-state index is -0.568. The maximum atomic E-state index is 11.3. The van der Waals surface area contributed by atoms with Gasteiger partial charge >= 0.3 is 6.09 Å². The van der Waals surface area contributed by atoms with Gasteiger partial charge in [-0.05, 0) is 47.6 Å². The molecule has 3 aromatic rings. The van der Waals surface area contributed by atoms with E-state index < -0.39 is 6.09 Å². The number of rotatable bonds is 4. The Kier molecular flexibility index (Phi) is 5.59. The smallest absolute Gasteiger partial charge is 0.399 e. The average Bonchev–Trinajstić information content (AvgIpc) is 2.75. The highest BCUT2D eigenvalue weighted by Crippen LogP contribution is 2.29. The molecule has 4 rings (SSSR count). The molecule has 150 valence electrons. The maximum Gasteiger partial charge on any atom is 0.426 e. The average molecular weight is 391 g/mol. The van der Waals surface area contributed by atoms with Crippen molar-refractivity contribution in [3.63, 3.8) is 0 Å². The molecule has 1 amide bonds. The van der Waals surface area contributed by atoms with Gasteiger partial charge in [0.15, 0.2) is 0 Å². The van der Waals surface area contributed by atoms with Crippen molar-refractivity contribution in [1.29, 1.82) is 0 Å². The molecule has 2 aromatic carbocycles. The number of hydrogen-bond acceptors (Lipinski definition) is 6. The van der Waals surface area contributed by atoms with E-state index in [0.29, 0.717) is 0 Å². The third-order valence-electron chi connectivity index (χ3n) is 5.47. The summed E-state index contributed by atoms with van der Waals surface area (Å²) in [6, 6.07) is 14.5. The highest BCUT2D eigenvalue weighted by molar-refractivity contribution is 5.96. The Hall–Kier alpha value is -3.16. The number of nitrogens with two attached hydrogens (primary N) is 2. The molecular formula is C22H25N5O2. The lowest BCUT2D eigenvalue weighted by Gasteiger charge is -2.32. The number of piperidine rings is 1. The normalized spacial score (nSPS) is 15.3. The van der Waals surface area contributed by atoms with Gasteiger partial charge in [0.2, 0.25) is 0 Å². The van der Waals surface area contributed by atoms with Gasteiger partial charge in [-0.15, -0.1) is 0 Å². The highest BCUT2D eigenvalue weighted by atomic mass is 16.7. The number of carbonyl (C=O) groups excluding carboxylic acids is 1. The summed E-state index contributed by atoms with van der Waals surface area (Å²) in [4.78, 5) is 22.3. The minimum Gasteiger partial charge on any atom is -0.399 e. The van der Waals surface area contributed by atoms with E-state index in [9.17, 15) is 4.79 Å². The molecule has 7 heteroatoms. The van der Waals surface area contributed by atoms with Crippen molar-refractivity contribution in [2.45, 2.75) is 25.4 Å². The van der Waals surface area contributed by atoms with E-state index in [2.05, 4.69) is 38.2 Å². The molecule has 29 heavy (non-hydrogen) atoms. The number of amides is 1. The van der Waals surface area contributed by atoms with Gasteiger partial charge in [0, 0.05) is 54.7 Å². The van der Waals surface area contributed by atoms with Crippen molar-refractivity contribution in [2.24, 2.45) is 5.90 Å². The summed E-state index contributed by atoms with van der Waals surface area (Å²) in [5.41, 5.74) is 10.0. The molecule has 7 nitrogen and oxygen atoms in total. The summed E-state index contributed by atoms with van der Waals surface area (Å²) in [6.07, 6.45) is 4.99. The van der Waals surface area contributed by atoms with Crippen molar-refractivity contribution in [3.05, 3.63) is 60.4 Å². The van der Waals surface area contributed by atoms with Gasteiger partial charge in [0.05, 0.1) is 0 Å². The van der Waals surface area contributed by atoms with E-state index in [-0.39, 0.29) is 6.04 Å². The number of pyridine rings is 1. The van der Waals surface area contributed by atoms with E-state index in [4.69, 9.17) is 11.6 Å². The van der Waals surface area contributed by atoms with Crippen LogP contribution in [-0.2, 0) is 11.4 Å². The van der Waals surface area contributed by atoms with E-state index in [1.165, 1.54) is 10.9 Å². The molecule has 1 aromatic heterocycles. The number of aromatic nitrogens is 1. The summed E-state index contributed by atoms with van der Waals surface area (Å²) in [6.45, 7) is 2.69. The van der Waals surface area contributed by atoms with Crippen LogP contribution in [0, 0.1) is 0 Å². The van der Waals surface area contributed by atoms with Crippen LogP contribution in [0.4, 0.5) is 10.5 Å². The second kappa shape index (κ2) is 8.46. The van der Waals surface area contributed by atoms with Crippen LogP contribution in [0.15, 0.2) is 54.9 Å². The van der Waals surface area contributed by atoms with Crippen LogP contribution in [0.25, 0.3) is 21.9 Å². The van der Waals surface area contributed by atoms with Crippen LogP contribution in [0.2, 0.25) is 0 Å². The number of nitrogen functional groups attached to an aromatic ring is 1. The summed E-state index contributed by atoms with van der Waals surface area (Å²) in [7, 11) is 0. The van der Waals surface area contributed by atoms with Gasteiger partial charge in [-0.3, -0.25) is 9.88 Å². The van der Waals surface area contributed by atoms with Gasteiger partial charge in [-0.1, -0.05) is 24.3 Å². The SMILES string of the molecule is NOC(=O)NC1CCN(Cc2ccc3cncc(-c4ccc(N)cc4)c3c2)CC1. The third-order valence-corrected chi connectivity index (χ3v) is 5.47. The molecule has 1 saturated heterocycles. The summed E-state index contributed by atoms with van der Waals surface area (Å²) in [5.74, 6) is 4.89. The van der Waals surface area contributed by atoms with Gasteiger partial charge < -0.3 is 15.9 Å². The van der Waals surface area contributed by atoms with Crippen LogP contribution >= 0.6 is 0 Å². The molecular weight excluding hydrogens is 366 g/mol. The molecule has 2 heterocycles.